The number of anilines is 2. The number of nitrogens with one attached hydrogen (secondary N) is 1. The van der Waals surface area contributed by atoms with Gasteiger partial charge in [-0.25, -0.2) is 0 Å². The Hall–Kier alpha value is -2.04. The first kappa shape index (κ1) is 14.4. The van der Waals surface area contributed by atoms with Crippen LogP contribution in [-0.2, 0) is 6.42 Å². The first-order valence-electron chi connectivity index (χ1n) is 6.82. The summed E-state index contributed by atoms with van der Waals surface area (Å²) in [5.41, 5.74) is 21.3. The lowest BCUT2D eigenvalue weighted by atomic mass is 10.1. The van der Waals surface area contributed by atoms with Crippen molar-refractivity contribution < 1.29 is 0 Å². The van der Waals surface area contributed by atoms with E-state index in [1.54, 1.807) is 0 Å². The van der Waals surface area contributed by atoms with E-state index >= 15 is 0 Å². The number of hydrogen-bond acceptors (Lipinski definition) is 4. The van der Waals surface area contributed by atoms with Crippen molar-refractivity contribution >= 4 is 11.4 Å². The van der Waals surface area contributed by atoms with Crippen LogP contribution in [-0.4, -0.2) is 13.1 Å². The van der Waals surface area contributed by atoms with E-state index in [-0.39, 0.29) is 6.04 Å². The van der Waals surface area contributed by atoms with Crippen LogP contribution in [0.1, 0.15) is 17.2 Å². The van der Waals surface area contributed by atoms with Crippen LogP contribution in [0.15, 0.2) is 48.5 Å². The normalized spacial score (nSPS) is 12.2. The maximum atomic E-state index is 5.83. The molecule has 0 bridgehead atoms. The van der Waals surface area contributed by atoms with E-state index in [0.29, 0.717) is 6.54 Å². The average Bonchev–Trinajstić information content (AvgIpc) is 2.45. The summed E-state index contributed by atoms with van der Waals surface area (Å²) in [6.45, 7) is 1.41. The van der Waals surface area contributed by atoms with Gasteiger partial charge in [-0.15, -0.1) is 0 Å². The fraction of sp³-hybridized carbons (Fsp3) is 0.250. The smallest absolute Gasteiger partial charge is 0.0444 e. The number of hydrogen-bond donors (Lipinski definition) is 4. The summed E-state index contributed by atoms with van der Waals surface area (Å²) in [6.07, 6.45) is 0.927. The van der Waals surface area contributed by atoms with Gasteiger partial charge >= 0.3 is 0 Å². The largest absolute Gasteiger partial charge is 0.399 e. The van der Waals surface area contributed by atoms with E-state index in [1.165, 1.54) is 5.56 Å². The molecule has 2 rings (SSSR count). The zero-order chi connectivity index (χ0) is 14.4. The predicted molar refractivity (Wildman–Crippen MR) is 85.2 cm³/mol. The summed E-state index contributed by atoms with van der Waals surface area (Å²) < 4.78 is 0. The van der Waals surface area contributed by atoms with Crippen molar-refractivity contribution in [2.24, 2.45) is 5.73 Å². The van der Waals surface area contributed by atoms with Gasteiger partial charge < -0.3 is 22.5 Å². The van der Waals surface area contributed by atoms with E-state index in [2.05, 4.69) is 11.4 Å². The van der Waals surface area contributed by atoms with Crippen LogP contribution in [0.5, 0.6) is 0 Å². The highest BCUT2D eigenvalue weighted by atomic mass is 14.9. The number of nitrogen functional groups attached to an aromatic ring is 2. The molecule has 0 fully saturated rings. The minimum absolute atomic E-state index is 0.150. The van der Waals surface area contributed by atoms with Gasteiger partial charge in [0.15, 0.2) is 0 Å². The Bertz CT molecular complexity index is 536. The minimum atomic E-state index is 0.150. The van der Waals surface area contributed by atoms with E-state index in [0.717, 1.165) is 29.9 Å². The van der Waals surface area contributed by atoms with Crippen molar-refractivity contribution in [1.82, 2.24) is 5.32 Å². The molecule has 0 heterocycles. The fourth-order valence-corrected chi connectivity index (χ4v) is 2.20. The molecule has 0 aliphatic rings. The highest BCUT2D eigenvalue weighted by molar-refractivity contribution is 5.41. The van der Waals surface area contributed by atoms with Crippen molar-refractivity contribution in [1.29, 1.82) is 0 Å². The first-order valence-corrected chi connectivity index (χ1v) is 6.82. The van der Waals surface area contributed by atoms with Gasteiger partial charge in [0.2, 0.25) is 0 Å². The van der Waals surface area contributed by atoms with Crippen LogP contribution in [0.4, 0.5) is 11.4 Å². The summed E-state index contributed by atoms with van der Waals surface area (Å²) in [6, 6.07) is 15.9. The summed E-state index contributed by atoms with van der Waals surface area (Å²) >= 11 is 0. The minimum Gasteiger partial charge on any atom is -0.399 e. The van der Waals surface area contributed by atoms with Gasteiger partial charge in [0.05, 0.1) is 0 Å². The summed E-state index contributed by atoms with van der Waals surface area (Å²) in [5, 5.41) is 3.47. The molecule has 0 aliphatic carbocycles. The van der Waals surface area contributed by atoms with Gasteiger partial charge in [-0.05, 0) is 48.4 Å². The standard InChI is InChI=1S/C16H22N4/c17-11-16(13-4-6-14(18)7-5-13)20-9-8-12-2-1-3-15(19)10-12/h1-7,10,16,20H,8-9,11,17-19H2. The molecular weight excluding hydrogens is 248 g/mol. The van der Waals surface area contributed by atoms with Crippen LogP contribution in [0.2, 0.25) is 0 Å². The Morgan fingerprint density at radius 3 is 2.35 bits per heavy atom. The molecule has 0 spiro atoms. The van der Waals surface area contributed by atoms with Gasteiger partial charge in [-0.3, -0.25) is 0 Å². The quantitative estimate of drug-likeness (QED) is 0.601. The number of nitrogens with two attached hydrogens (primary N) is 3. The monoisotopic (exact) mass is 270 g/mol. The lowest BCUT2D eigenvalue weighted by molar-refractivity contribution is 0.545. The van der Waals surface area contributed by atoms with E-state index in [1.807, 2.05) is 42.5 Å². The molecule has 1 atom stereocenters. The van der Waals surface area contributed by atoms with Crippen LogP contribution in [0.3, 0.4) is 0 Å². The fourth-order valence-electron chi connectivity index (χ4n) is 2.20. The molecule has 2 aromatic rings. The third-order valence-corrected chi connectivity index (χ3v) is 3.33. The number of benzene rings is 2. The van der Waals surface area contributed by atoms with Crippen molar-refractivity contribution in [2.75, 3.05) is 24.6 Å². The molecule has 106 valence electrons. The Balaban J connectivity index is 1.89. The SMILES string of the molecule is NCC(NCCc1cccc(N)c1)c1ccc(N)cc1. The Kier molecular flexibility index (Phi) is 4.98. The van der Waals surface area contributed by atoms with Crippen molar-refractivity contribution in [3.05, 3.63) is 59.7 Å². The zero-order valence-electron chi connectivity index (χ0n) is 11.5. The second-order valence-corrected chi connectivity index (χ2v) is 4.90. The van der Waals surface area contributed by atoms with Crippen molar-refractivity contribution in [3.63, 3.8) is 0 Å². The lowest BCUT2D eigenvalue weighted by Crippen LogP contribution is -2.29. The molecule has 0 amide bonds. The molecule has 7 N–H and O–H groups in total. The second kappa shape index (κ2) is 6.93. The van der Waals surface area contributed by atoms with Gasteiger partial charge in [0.1, 0.15) is 0 Å². The van der Waals surface area contributed by atoms with Gasteiger partial charge in [-0.1, -0.05) is 24.3 Å². The Morgan fingerprint density at radius 2 is 1.70 bits per heavy atom. The highest BCUT2D eigenvalue weighted by Crippen LogP contribution is 2.14. The molecule has 4 nitrogen and oxygen atoms in total. The topological polar surface area (TPSA) is 90.1 Å². The van der Waals surface area contributed by atoms with Crippen molar-refractivity contribution in [3.8, 4) is 0 Å². The maximum Gasteiger partial charge on any atom is 0.0444 e. The average molecular weight is 270 g/mol. The molecule has 2 aromatic carbocycles. The molecule has 0 radical (unpaired) electrons. The maximum absolute atomic E-state index is 5.83. The molecule has 0 saturated heterocycles. The number of rotatable bonds is 6. The molecular formula is C16H22N4. The molecule has 4 heteroatoms. The summed E-state index contributed by atoms with van der Waals surface area (Å²) in [7, 11) is 0. The predicted octanol–water partition coefficient (Wildman–Crippen LogP) is 1.68. The summed E-state index contributed by atoms with van der Waals surface area (Å²) in [5.74, 6) is 0. The molecule has 0 saturated carbocycles. The molecule has 0 aliphatic heterocycles. The highest BCUT2D eigenvalue weighted by Gasteiger charge is 2.08. The van der Waals surface area contributed by atoms with Crippen LogP contribution in [0, 0.1) is 0 Å². The summed E-state index contributed by atoms with van der Waals surface area (Å²) in [4.78, 5) is 0. The first-order chi connectivity index (χ1) is 9.69. The zero-order valence-corrected chi connectivity index (χ0v) is 11.5. The van der Waals surface area contributed by atoms with E-state index in [9.17, 15) is 0 Å². The Morgan fingerprint density at radius 1 is 0.950 bits per heavy atom. The Labute approximate surface area is 120 Å². The second-order valence-electron chi connectivity index (χ2n) is 4.90. The van der Waals surface area contributed by atoms with Crippen LogP contribution in [0.25, 0.3) is 0 Å². The third-order valence-electron chi connectivity index (χ3n) is 3.33. The van der Waals surface area contributed by atoms with Gasteiger partial charge in [0, 0.05) is 24.0 Å². The third kappa shape index (κ3) is 3.98. The molecule has 0 aromatic heterocycles. The van der Waals surface area contributed by atoms with Crippen molar-refractivity contribution in [2.45, 2.75) is 12.5 Å². The lowest BCUT2D eigenvalue weighted by Gasteiger charge is -2.17. The molecule has 1 unspecified atom stereocenters. The van der Waals surface area contributed by atoms with Crippen LogP contribution >= 0.6 is 0 Å². The van der Waals surface area contributed by atoms with Crippen LogP contribution < -0.4 is 22.5 Å². The molecule has 20 heavy (non-hydrogen) atoms. The van der Waals surface area contributed by atoms with E-state index < -0.39 is 0 Å². The van der Waals surface area contributed by atoms with Gasteiger partial charge in [0.25, 0.3) is 0 Å². The van der Waals surface area contributed by atoms with Gasteiger partial charge in [-0.2, -0.15) is 0 Å². The van der Waals surface area contributed by atoms with E-state index in [4.69, 9.17) is 17.2 Å².